The van der Waals surface area contributed by atoms with Crippen LogP contribution in [0.2, 0.25) is 0 Å². The summed E-state index contributed by atoms with van der Waals surface area (Å²) in [7, 11) is 0. The number of allylic oxidation sites excluding steroid dienone is 2. The van der Waals surface area contributed by atoms with Crippen LogP contribution in [0.5, 0.6) is 0 Å². The molecule has 0 aromatic carbocycles. The minimum absolute atomic E-state index is 0.0383. The lowest BCUT2D eigenvalue weighted by atomic mass is 9.34. The molecule has 1 unspecified atom stereocenters. The van der Waals surface area contributed by atoms with Crippen molar-refractivity contribution in [3.05, 3.63) is 11.6 Å². The van der Waals surface area contributed by atoms with Crippen molar-refractivity contribution in [2.75, 3.05) is 0 Å². The molecule has 5 heteroatoms. The van der Waals surface area contributed by atoms with E-state index in [1.165, 1.54) is 5.57 Å². The van der Waals surface area contributed by atoms with Crippen LogP contribution in [0, 0.1) is 56.2 Å². The van der Waals surface area contributed by atoms with Crippen LogP contribution in [0.3, 0.4) is 0 Å². The van der Waals surface area contributed by atoms with E-state index < -0.39 is 11.0 Å². The van der Waals surface area contributed by atoms with E-state index in [1.807, 2.05) is 19.1 Å². The predicted octanol–water partition coefficient (Wildman–Crippen LogP) is 6.13. The summed E-state index contributed by atoms with van der Waals surface area (Å²) in [5, 5.41) is 10.1. The number of hydrogen-bond acceptors (Lipinski definition) is 5. The molecule has 0 aromatic heterocycles. The first-order valence-corrected chi connectivity index (χ1v) is 13.5. The minimum atomic E-state index is -0.996. The molecule has 0 aromatic rings. The average Bonchev–Trinajstić information content (AvgIpc) is 2.79. The van der Waals surface area contributed by atoms with Crippen LogP contribution in [0.15, 0.2) is 16.6 Å². The molecule has 0 amide bonds. The third-order valence-corrected chi connectivity index (χ3v) is 12.3. The number of aliphatic imine (C=N–C) groups is 1. The Balaban J connectivity index is 1.66. The first-order chi connectivity index (χ1) is 16.2. The molecule has 4 saturated carbocycles. The second kappa shape index (κ2) is 7.25. The van der Waals surface area contributed by atoms with Crippen molar-refractivity contribution in [2.24, 2.45) is 49.8 Å². The van der Waals surface area contributed by atoms with Crippen LogP contribution in [-0.4, -0.2) is 23.2 Å². The van der Waals surface area contributed by atoms with Gasteiger partial charge in [0.05, 0.1) is 11.6 Å². The number of fused-ring (bicyclic) bond motifs is 7. The summed E-state index contributed by atoms with van der Waals surface area (Å²) in [6.45, 7) is 13.3. The molecule has 0 aliphatic heterocycles. The molecule has 4 fully saturated rings. The molecular weight excluding hydrogens is 436 g/mol. The topological polar surface area (TPSA) is 87.4 Å². The normalized spacial score (nSPS) is 50.3. The molecule has 0 saturated heterocycles. The fourth-order valence-electron chi connectivity index (χ4n) is 9.91. The molecule has 188 valence electrons. The predicted molar refractivity (Wildman–Crippen MR) is 133 cm³/mol. The summed E-state index contributed by atoms with van der Waals surface area (Å²) < 4.78 is 0. The molecule has 0 spiro atoms. The lowest BCUT2D eigenvalue weighted by Gasteiger charge is -2.68. The van der Waals surface area contributed by atoms with Gasteiger partial charge in [0.2, 0.25) is 6.08 Å². The smallest absolute Gasteiger partial charge is 0.235 e. The monoisotopic (exact) mass is 476 g/mol. The Bertz CT molecular complexity index is 1120. The van der Waals surface area contributed by atoms with E-state index in [2.05, 4.69) is 45.7 Å². The van der Waals surface area contributed by atoms with Crippen LogP contribution in [0.4, 0.5) is 0 Å². The zero-order chi connectivity index (χ0) is 25.7. The number of rotatable bonds is 1. The third-order valence-electron chi connectivity index (χ3n) is 12.3. The fraction of sp³-hybridized carbons (Fsp3) is 0.800. The number of hydrogen-bond donors (Lipinski definition) is 0. The van der Waals surface area contributed by atoms with E-state index in [9.17, 15) is 19.6 Å². The zero-order valence-corrected chi connectivity index (χ0v) is 22.3. The second-order valence-corrected chi connectivity index (χ2v) is 14.2. The van der Waals surface area contributed by atoms with Gasteiger partial charge in [-0.05, 0) is 97.9 Å². The molecule has 0 N–H and O–H groups in total. The molecule has 35 heavy (non-hydrogen) atoms. The third kappa shape index (κ3) is 2.93. The van der Waals surface area contributed by atoms with Gasteiger partial charge >= 0.3 is 0 Å². The van der Waals surface area contributed by atoms with Crippen molar-refractivity contribution in [3.8, 4) is 6.07 Å². The summed E-state index contributed by atoms with van der Waals surface area (Å²) in [6, 6.07) is 2.39. The standard InChI is InChI=1S/C30H40N2O3/c1-25(2)11-13-30(32-18-33)14-12-29(6)24(19(30)16-25)20(34)15-22-26(3)9-8-23(35)27(4,17-31)21(26)7-10-28(22,29)5/h15,19,21,24H,7-14,16H2,1-6H3/t19-,21?,24-,26-,27-,28+,29+,30-/m0/s1. The van der Waals surface area contributed by atoms with Crippen LogP contribution in [0.1, 0.15) is 99.3 Å². The molecule has 5 aliphatic rings. The Morgan fingerprint density at radius 1 is 0.971 bits per heavy atom. The highest BCUT2D eigenvalue weighted by Crippen LogP contribution is 2.74. The van der Waals surface area contributed by atoms with Gasteiger partial charge in [0.25, 0.3) is 0 Å². The van der Waals surface area contributed by atoms with Gasteiger partial charge in [-0.25, -0.2) is 4.79 Å². The molecule has 5 rings (SSSR count). The molecular formula is C30H40N2O3. The second-order valence-electron chi connectivity index (χ2n) is 14.2. The molecule has 8 atom stereocenters. The van der Waals surface area contributed by atoms with Crippen molar-refractivity contribution in [3.63, 3.8) is 0 Å². The number of ketones is 2. The Morgan fingerprint density at radius 3 is 2.31 bits per heavy atom. The summed E-state index contributed by atoms with van der Waals surface area (Å²) in [5.74, 6) is 0.0251. The van der Waals surface area contributed by atoms with E-state index in [0.717, 1.165) is 44.9 Å². The summed E-state index contributed by atoms with van der Waals surface area (Å²) in [5.41, 5.74) is -0.950. The molecule has 0 radical (unpaired) electrons. The van der Waals surface area contributed by atoms with Crippen LogP contribution in [0.25, 0.3) is 0 Å². The number of carbonyl (C=O) groups excluding carboxylic acids is 3. The first-order valence-electron chi connectivity index (χ1n) is 13.5. The summed E-state index contributed by atoms with van der Waals surface area (Å²) >= 11 is 0. The Morgan fingerprint density at radius 2 is 1.66 bits per heavy atom. The fourth-order valence-corrected chi connectivity index (χ4v) is 9.91. The van der Waals surface area contributed by atoms with Gasteiger partial charge in [0.1, 0.15) is 5.41 Å². The van der Waals surface area contributed by atoms with Crippen LogP contribution < -0.4 is 0 Å². The highest BCUT2D eigenvalue weighted by molar-refractivity contribution is 5.96. The maximum atomic E-state index is 14.2. The highest BCUT2D eigenvalue weighted by Gasteiger charge is 2.70. The number of isocyanates is 1. The van der Waals surface area contributed by atoms with Gasteiger partial charge in [-0.3, -0.25) is 9.59 Å². The Hall–Kier alpha value is -2.05. The summed E-state index contributed by atoms with van der Waals surface area (Å²) in [6.07, 6.45) is 11.1. The van der Waals surface area contributed by atoms with E-state index >= 15 is 0 Å². The lowest BCUT2D eigenvalue weighted by molar-refractivity contribution is -0.162. The lowest BCUT2D eigenvalue weighted by Crippen LogP contribution is -2.66. The van der Waals surface area contributed by atoms with Gasteiger partial charge in [-0.1, -0.05) is 40.2 Å². The zero-order valence-electron chi connectivity index (χ0n) is 22.3. The quantitative estimate of drug-likeness (QED) is 0.336. The number of nitrogens with zero attached hydrogens (tertiary/aromatic N) is 2. The molecule has 5 aliphatic carbocycles. The SMILES string of the molecule is CC1(C)CC[C@]2(N=C=O)CC[C@]3(C)[C@H](C(=O)C=C4[C@@]5(C)CCC(=O)[C@@](C)(C#N)C5CC[C@]43C)[C@@H]2C1. The number of carbonyl (C=O) groups is 2. The highest BCUT2D eigenvalue weighted by atomic mass is 16.1. The van der Waals surface area contributed by atoms with Crippen molar-refractivity contribution >= 4 is 17.6 Å². The maximum absolute atomic E-state index is 14.2. The van der Waals surface area contributed by atoms with Gasteiger partial charge in [-0.15, -0.1) is 0 Å². The summed E-state index contributed by atoms with van der Waals surface area (Å²) in [4.78, 5) is 43.1. The van der Waals surface area contributed by atoms with Gasteiger partial charge in [-0.2, -0.15) is 10.3 Å². The Labute approximate surface area is 209 Å². The van der Waals surface area contributed by atoms with E-state index in [4.69, 9.17) is 0 Å². The van der Waals surface area contributed by atoms with E-state index in [1.54, 1.807) is 0 Å². The minimum Gasteiger partial charge on any atom is -0.298 e. The van der Waals surface area contributed by atoms with E-state index in [-0.39, 0.29) is 51.0 Å². The Kier molecular flexibility index (Phi) is 5.11. The van der Waals surface area contributed by atoms with Gasteiger partial charge in [0, 0.05) is 12.3 Å². The van der Waals surface area contributed by atoms with Gasteiger partial charge < -0.3 is 0 Å². The largest absolute Gasteiger partial charge is 0.298 e. The van der Waals surface area contributed by atoms with Crippen molar-refractivity contribution < 1.29 is 14.4 Å². The van der Waals surface area contributed by atoms with Gasteiger partial charge in [0.15, 0.2) is 11.6 Å². The van der Waals surface area contributed by atoms with Crippen LogP contribution in [-0.2, 0) is 14.4 Å². The van der Waals surface area contributed by atoms with Crippen molar-refractivity contribution in [1.82, 2.24) is 0 Å². The number of Topliss-reactive ketones (excluding diaryl/α,β-unsaturated/α-hetero) is 1. The average molecular weight is 477 g/mol. The maximum Gasteiger partial charge on any atom is 0.235 e. The molecule has 0 bridgehead atoms. The van der Waals surface area contributed by atoms with Crippen molar-refractivity contribution in [2.45, 2.75) is 105 Å². The first kappa shape index (κ1) is 24.6. The molecule has 5 nitrogen and oxygen atoms in total. The van der Waals surface area contributed by atoms with E-state index in [0.29, 0.717) is 12.8 Å². The van der Waals surface area contributed by atoms with Crippen molar-refractivity contribution in [1.29, 1.82) is 5.26 Å². The van der Waals surface area contributed by atoms with Crippen LogP contribution >= 0.6 is 0 Å². The molecule has 0 heterocycles. The number of nitriles is 1.